The van der Waals surface area contributed by atoms with E-state index in [0.717, 1.165) is 25.2 Å². The van der Waals surface area contributed by atoms with Crippen molar-refractivity contribution in [2.75, 3.05) is 13.2 Å². The van der Waals surface area contributed by atoms with Gasteiger partial charge in [-0.2, -0.15) is 0 Å². The first-order valence-corrected chi connectivity index (χ1v) is 6.45. The lowest BCUT2D eigenvalue weighted by Gasteiger charge is -2.37. The summed E-state index contributed by atoms with van der Waals surface area (Å²) in [4.78, 5) is 6.89. The van der Waals surface area contributed by atoms with Crippen LogP contribution in [0.5, 0.6) is 0 Å². The van der Waals surface area contributed by atoms with Gasteiger partial charge in [0.1, 0.15) is 0 Å². The summed E-state index contributed by atoms with van der Waals surface area (Å²) in [5.41, 5.74) is 2.33. The molecule has 1 aromatic heterocycles. The molecule has 3 heteroatoms. The molecule has 1 aliphatic rings. The second-order valence-electron chi connectivity index (χ2n) is 5.23. The molecule has 1 fully saturated rings. The lowest BCUT2D eigenvalue weighted by atomic mass is 9.94. The van der Waals surface area contributed by atoms with Gasteiger partial charge < -0.3 is 5.11 Å². The van der Waals surface area contributed by atoms with Gasteiger partial charge in [0.2, 0.25) is 0 Å². The Bertz CT molecular complexity index is 350. The van der Waals surface area contributed by atoms with E-state index in [0.29, 0.717) is 18.6 Å². The molecule has 0 amide bonds. The first kappa shape index (κ1) is 12.5. The Labute approximate surface area is 103 Å². The zero-order chi connectivity index (χ0) is 12.3. The normalized spacial score (nSPS) is 26.1. The average Bonchev–Trinajstić information content (AvgIpc) is 2.35. The molecular formula is C14H22N2O. The molecule has 1 aromatic rings. The first-order valence-electron chi connectivity index (χ1n) is 6.45. The molecule has 94 valence electrons. The molecule has 17 heavy (non-hydrogen) atoms. The topological polar surface area (TPSA) is 36.4 Å². The fraction of sp³-hybridized carbons (Fsp3) is 0.643. The Kier molecular flexibility index (Phi) is 4.13. The van der Waals surface area contributed by atoms with Crippen molar-refractivity contribution in [3.63, 3.8) is 0 Å². The van der Waals surface area contributed by atoms with Crippen LogP contribution in [-0.2, 0) is 6.54 Å². The molecule has 0 aromatic carbocycles. The molecule has 2 unspecified atom stereocenters. The number of likely N-dealkylation sites (tertiary alicyclic amines) is 1. The van der Waals surface area contributed by atoms with E-state index in [1.54, 1.807) is 0 Å². The predicted molar refractivity (Wildman–Crippen MR) is 68.7 cm³/mol. The zero-order valence-corrected chi connectivity index (χ0v) is 10.8. The van der Waals surface area contributed by atoms with Gasteiger partial charge in [-0.15, -0.1) is 0 Å². The summed E-state index contributed by atoms with van der Waals surface area (Å²) in [5, 5.41) is 9.26. The molecule has 0 spiro atoms. The number of nitrogens with zero attached hydrogens (tertiary/aromatic N) is 2. The number of aliphatic hydroxyl groups excluding tert-OH is 1. The minimum Gasteiger partial charge on any atom is -0.396 e. The number of aromatic nitrogens is 1. The summed E-state index contributed by atoms with van der Waals surface area (Å²) in [5.74, 6) is 0.441. The van der Waals surface area contributed by atoms with Crippen LogP contribution in [0.4, 0.5) is 0 Å². The number of hydrogen-bond donors (Lipinski definition) is 1. The number of hydrogen-bond acceptors (Lipinski definition) is 3. The second kappa shape index (κ2) is 5.61. The Balaban J connectivity index is 1.98. The van der Waals surface area contributed by atoms with Gasteiger partial charge in [-0.25, -0.2) is 0 Å². The SMILES string of the molecule is Cc1ccc(CN2CC(CO)CCC2C)nc1. The van der Waals surface area contributed by atoms with E-state index in [4.69, 9.17) is 0 Å². The van der Waals surface area contributed by atoms with Crippen LogP contribution in [0.1, 0.15) is 31.0 Å². The minimum absolute atomic E-state index is 0.310. The van der Waals surface area contributed by atoms with Crippen LogP contribution in [0.15, 0.2) is 18.3 Å². The highest BCUT2D eigenvalue weighted by Gasteiger charge is 2.24. The number of pyridine rings is 1. The van der Waals surface area contributed by atoms with Crippen LogP contribution in [0.25, 0.3) is 0 Å². The van der Waals surface area contributed by atoms with Crippen molar-refractivity contribution in [2.45, 2.75) is 39.3 Å². The van der Waals surface area contributed by atoms with Crippen LogP contribution in [0, 0.1) is 12.8 Å². The smallest absolute Gasteiger partial charge is 0.0544 e. The first-order chi connectivity index (χ1) is 8.19. The monoisotopic (exact) mass is 234 g/mol. The summed E-state index contributed by atoms with van der Waals surface area (Å²) in [6, 6.07) is 4.81. The average molecular weight is 234 g/mol. The maximum atomic E-state index is 9.26. The molecule has 1 aliphatic heterocycles. The van der Waals surface area contributed by atoms with Crippen LogP contribution >= 0.6 is 0 Å². The third-order valence-electron chi connectivity index (χ3n) is 3.70. The summed E-state index contributed by atoms with van der Waals surface area (Å²) < 4.78 is 0. The van der Waals surface area contributed by atoms with Crippen molar-refractivity contribution in [3.8, 4) is 0 Å². The van der Waals surface area contributed by atoms with E-state index >= 15 is 0 Å². The summed E-state index contributed by atoms with van der Waals surface area (Å²) in [6.07, 6.45) is 4.25. The molecule has 1 N–H and O–H groups in total. The minimum atomic E-state index is 0.310. The summed E-state index contributed by atoms with van der Waals surface area (Å²) >= 11 is 0. The highest BCUT2D eigenvalue weighted by Crippen LogP contribution is 2.22. The van der Waals surface area contributed by atoms with Crippen LogP contribution in [-0.4, -0.2) is 34.2 Å². The Morgan fingerprint density at radius 1 is 1.41 bits per heavy atom. The molecule has 0 aliphatic carbocycles. The van der Waals surface area contributed by atoms with Gasteiger partial charge in [-0.05, 0) is 44.2 Å². The lowest BCUT2D eigenvalue weighted by molar-refractivity contribution is 0.0762. The van der Waals surface area contributed by atoms with Gasteiger partial charge in [0.15, 0.2) is 0 Å². The van der Waals surface area contributed by atoms with Crippen molar-refractivity contribution in [3.05, 3.63) is 29.6 Å². The van der Waals surface area contributed by atoms with Gasteiger partial charge in [0, 0.05) is 31.9 Å². The van der Waals surface area contributed by atoms with E-state index in [9.17, 15) is 5.11 Å². The Hall–Kier alpha value is -0.930. The molecular weight excluding hydrogens is 212 g/mol. The maximum Gasteiger partial charge on any atom is 0.0544 e. The molecule has 2 atom stereocenters. The summed E-state index contributed by atoms with van der Waals surface area (Å²) in [7, 11) is 0. The lowest BCUT2D eigenvalue weighted by Crippen LogP contribution is -2.42. The second-order valence-corrected chi connectivity index (χ2v) is 5.23. The van der Waals surface area contributed by atoms with Crippen molar-refractivity contribution >= 4 is 0 Å². The van der Waals surface area contributed by atoms with Crippen LogP contribution < -0.4 is 0 Å². The largest absolute Gasteiger partial charge is 0.396 e. The molecule has 2 heterocycles. The fourth-order valence-corrected chi connectivity index (χ4v) is 2.43. The quantitative estimate of drug-likeness (QED) is 0.869. The number of rotatable bonds is 3. The van der Waals surface area contributed by atoms with E-state index in [1.807, 2.05) is 6.20 Å². The molecule has 0 bridgehead atoms. The van der Waals surface area contributed by atoms with E-state index in [2.05, 4.69) is 35.9 Å². The molecule has 0 saturated carbocycles. The molecule has 0 radical (unpaired) electrons. The molecule has 2 rings (SSSR count). The van der Waals surface area contributed by atoms with Crippen LogP contribution in [0.3, 0.4) is 0 Å². The molecule has 1 saturated heterocycles. The van der Waals surface area contributed by atoms with E-state index < -0.39 is 0 Å². The summed E-state index contributed by atoms with van der Waals surface area (Å²) in [6.45, 7) is 6.53. The van der Waals surface area contributed by atoms with Gasteiger partial charge >= 0.3 is 0 Å². The van der Waals surface area contributed by atoms with Crippen LogP contribution in [0.2, 0.25) is 0 Å². The number of aryl methyl sites for hydroxylation is 1. The third kappa shape index (κ3) is 3.27. The van der Waals surface area contributed by atoms with Crippen molar-refractivity contribution < 1.29 is 5.11 Å². The van der Waals surface area contributed by atoms with Crippen molar-refractivity contribution in [2.24, 2.45) is 5.92 Å². The Morgan fingerprint density at radius 2 is 2.24 bits per heavy atom. The van der Waals surface area contributed by atoms with Gasteiger partial charge in [-0.3, -0.25) is 9.88 Å². The Morgan fingerprint density at radius 3 is 2.88 bits per heavy atom. The predicted octanol–water partition coefficient (Wildman–Crippen LogP) is 1.98. The van der Waals surface area contributed by atoms with Gasteiger partial charge in [-0.1, -0.05) is 6.07 Å². The van der Waals surface area contributed by atoms with Gasteiger partial charge in [0.05, 0.1) is 5.69 Å². The fourth-order valence-electron chi connectivity index (χ4n) is 2.43. The zero-order valence-electron chi connectivity index (χ0n) is 10.8. The number of aliphatic hydroxyl groups is 1. The highest BCUT2D eigenvalue weighted by molar-refractivity contribution is 5.12. The van der Waals surface area contributed by atoms with E-state index in [1.165, 1.54) is 12.0 Å². The molecule has 3 nitrogen and oxygen atoms in total. The highest BCUT2D eigenvalue weighted by atomic mass is 16.3. The maximum absolute atomic E-state index is 9.26. The van der Waals surface area contributed by atoms with Gasteiger partial charge in [0.25, 0.3) is 0 Å². The standard InChI is InChI=1S/C14H22N2O/c1-11-3-6-14(15-7-11)9-16-8-13(10-17)5-4-12(16)2/h3,6-7,12-13,17H,4-5,8-10H2,1-2H3. The van der Waals surface area contributed by atoms with Crippen molar-refractivity contribution in [1.29, 1.82) is 0 Å². The van der Waals surface area contributed by atoms with Crippen molar-refractivity contribution in [1.82, 2.24) is 9.88 Å². The third-order valence-corrected chi connectivity index (χ3v) is 3.70. The van der Waals surface area contributed by atoms with E-state index in [-0.39, 0.29) is 0 Å². The number of piperidine rings is 1.